The van der Waals surface area contributed by atoms with Crippen LogP contribution in [-0.4, -0.2) is 86.8 Å². The minimum absolute atomic E-state index is 0.140. The number of thiol groups is 1. The van der Waals surface area contributed by atoms with Crippen molar-refractivity contribution in [3.05, 3.63) is 0 Å². The van der Waals surface area contributed by atoms with Gasteiger partial charge in [-0.1, -0.05) is 0 Å². The Morgan fingerprint density at radius 1 is 0.676 bits per heavy atom. The molecule has 0 bridgehead atoms. The van der Waals surface area contributed by atoms with Crippen LogP contribution in [0.15, 0.2) is 0 Å². The Bertz CT molecular complexity index is 793. The number of carboxylic acids is 3. The molecule has 0 rings (SSSR count). The lowest BCUT2D eigenvalue weighted by molar-refractivity contribution is -0.142. The zero-order valence-corrected chi connectivity index (χ0v) is 19.0. The molecule has 0 aliphatic rings. The SMILES string of the molecule is NC(=O)CCC(N)C(=O)NC(CCC(=O)O)C(=O)NC(CCC(=O)O)C(=O)NC(CS)C(=O)O. The molecule has 4 unspecified atom stereocenters. The van der Waals surface area contributed by atoms with Crippen LogP contribution in [0.5, 0.6) is 0 Å². The van der Waals surface area contributed by atoms with E-state index in [2.05, 4.69) is 28.6 Å². The maximum atomic E-state index is 12.7. The molecule has 10 N–H and O–H groups in total. The third-order valence-corrected chi connectivity index (χ3v) is 4.76. The highest BCUT2D eigenvalue weighted by Gasteiger charge is 2.30. The first kappa shape index (κ1) is 30.6. The Kier molecular flexibility index (Phi) is 13.9. The fourth-order valence-electron chi connectivity index (χ4n) is 2.51. The van der Waals surface area contributed by atoms with Gasteiger partial charge >= 0.3 is 17.9 Å². The van der Waals surface area contributed by atoms with Crippen LogP contribution in [0.25, 0.3) is 0 Å². The summed E-state index contributed by atoms with van der Waals surface area (Å²) in [5.41, 5.74) is 10.6. The van der Waals surface area contributed by atoms with Crippen molar-refractivity contribution in [1.29, 1.82) is 0 Å². The van der Waals surface area contributed by atoms with E-state index in [9.17, 15) is 33.6 Å². The van der Waals surface area contributed by atoms with Crippen molar-refractivity contribution in [2.45, 2.75) is 62.7 Å². The highest BCUT2D eigenvalue weighted by atomic mass is 32.1. The second-order valence-corrected chi connectivity index (χ2v) is 7.55. The number of carbonyl (C=O) groups is 7. The second kappa shape index (κ2) is 15.4. The van der Waals surface area contributed by atoms with Gasteiger partial charge in [-0.25, -0.2) is 4.79 Å². The molecule has 0 fully saturated rings. The summed E-state index contributed by atoms with van der Waals surface area (Å²) < 4.78 is 0. The molecule has 0 aliphatic heterocycles. The molecule has 0 aromatic heterocycles. The first-order valence-electron chi connectivity index (χ1n) is 10.0. The topological polar surface area (TPSA) is 268 Å². The maximum absolute atomic E-state index is 12.7. The number of primary amides is 1. The van der Waals surface area contributed by atoms with Crippen molar-refractivity contribution in [2.24, 2.45) is 11.5 Å². The van der Waals surface area contributed by atoms with Gasteiger partial charge in [-0.05, 0) is 19.3 Å². The number of hydrogen-bond donors (Lipinski definition) is 9. The van der Waals surface area contributed by atoms with Crippen molar-refractivity contribution in [3.63, 3.8) is 0 Å². The van der Waals surface area contributed by atoms with Crippen molar-refractivity contribution in [3.8, 4) is 0 Å². The van der Waals surface area contributed by atoms with Gasteiger partial charge in [0.2, 0.25) is 23.6 Å². The molecule has 0 aromatic carbocycles. The third kappa shape index (κ3) is 12.6. The van der Waals surface area contributed by atoms with Crippen LogP contribution in [0, 0.1) is 0 Å². The third-order valence-electron chi connectivity index (χ3n) is 4.40. The molecular formula is C18H29N5O10S. The van der Waals surface area contributed by atoms with E-state index in [1.165, 1.54) is 0 Å². The first-order chi connectivity index (χ1) is 15.8. The molecule has 15 nitrogen and oxygen atoms in total. The summed E-state index contributed by atoms with van der Waals surface area (Å²) in [6.45, 7) is 0. The minimum atomic E-state index is -1.52. The molecule has 0 radical (unpaired) electrons. The van der Waals surface area contributed by atoms with E-state index in [0.29, 0.717) is 0 Å². The molecule has 0 saturated heterocycles. The van der Waals surface area contributed by atoms with Crippen LogP contribution in [0.4, 0.5) is 0 Å². The molecule has 16 heteroatoms. The maximum Gasteiger partial charge on any atom is 0.327 e. The molecule has 192 valence electrons. The van der Waals surface area contributed by atoms with Crippen LogP contribution in [0.1, 0.15) is 38.5 Å². The fraction of sp³-hybridized carbons (Fsp3) is 0.611. The van der Waals surface area contributed by atoms with E-state index in [1.54, 1.807) is 0 Å². The summed E-state index contributed by atoms with van der Waals surface area (Å²) in [6, 6.07) is -5.67. The quantitative estimate of drug-likeness (QED) is 0.0883. The van der Waals surface area contributed by atoms with E-state index in [-0.39, 0.29) is 18.6 Å². The Balaban J connectivity index is 5.52. The van der Waals surface area contributed by atoms with Gasteiger partial charge in [0.05, 0.1) is 6.04 Å². The predicted octanol–water partition coefficient (Wildman–Crippen LogP) is -3.22. The number of nitrogens with one attached hydrogen (secondary N) is 3. The van der Waals surface area contributed by atoms with Crippen molar-refractivity contribution in [1.82, 2.24) is 16.0 Å². The van der Waals surface area contributed by atoms with Gasteiger partial charge in [-0.2, -0.15) is 12.6 Å². The molecular weight excluding hydrogens is 478 g/mol. The minimum Gasteiger partial charge on any atom is -0.481 e. The number of nitrogens with two attached hydrogens (primary N) is 2. The van der Waals surface area contributed by atoms with E-state index in [1.807, 2.05) is 0 Å². The van der Waals surface area contributed by atoms with Gasteiger partial charge in [0, 0.05) is 25.0 Å². The predicted molar refractivity (Wildman–Crippen MR) is 117 cm³/mol. The summed E-state index contributed by atoms with van der Waals surface area (Å²) in [5, 5.41) is 33.4. The molecule has 0 spiro atoms. The monoisotopic (exact) mass is 507 g/mol. The van der Waals surface area contributed by atoms with Crippen LogP contribution < -0.4 is 27.4 Å². The summed E-state index contributed by atoms with van der Waals surface area (Å²) >= 11 is 3.80. The van der Waals surface area contributed by atoms with Gasteiger partial charge in [0.15, 0.2) is 0 Å². The van der Waals surface area contributed by atoms with E-state index in [4.69, 9.17) is 26.8 Å². The Hall–Kier alpha value is -3.40. The highest BCUT2D eigenvalue weighted by molar-refractivity contribution is 7.80. The Morgan fingerprint density at radius 3 is 1.44 bits per heavy atom. The standard InChI is InChI=1S/C18H29N5O10S/c19-8(1-4-12(20)24)15(29)21-9(2-5-13(25)26)16(30)22-10(3-6-14(27)28)17(31)23-11(7-34)18(32)33/h8-11,34H,1-7,19H2,(H2,20,24)(H,21,29)(H,22,30)(H,23,31)(H,25,26)(H,27,28)(H,32,33). The van der Waals surface area contributed by atoms with Crippen molar-refractivity contribution in [2.75, 3.05) is 5.75 Å². The Morgan fingerprint density at radius 2 is 1.09 bits per heavy atom. The number of carbonyl (C=O) groups excluding carboxylic acids is 4. The lowest BCUT2D eigenvalue weighted by Crippen LogP contribution is -2.57. The molecule has 0 aromatic rings. The van der Waals surface area contributed by atoms with Gasteiger partial charge in [0.1, 0.15) is 18.1 Å². The van der Waals surface area contributed by atoms with Gasteiger partial charge in [0.25, 0.3) is 0 Å². The van der Waals surface area contributed by atoms with E-state index in [0.717, 1.165) is 0 Å². The fourth-order valence-corrected chi connectivity index (χ4v) is 2.76. The average Bonchev–Trinajstić information content (AvgIpc) is 2.74. The summed E-state index contributed by atoms with van der Waals surface area (Å²) in [4.78, 5) is 81.3. The summed E-state index contributed by atoms with van der Waals surface area (Å²) in [6.07, 6.45) is -2.31. The van der Waals surface area contributed by atoms with E-state index < -0.39 is 91.4 Å². The first-order valence-corrected chi connectivity index (χ1v) is 10.6. The van der Waals surface area contributed by atoms with Gasteiger partial charge < -0.3 is 42.7 Å². The summed E-state index contributed by atoms with van der Waals surface area (Å²) in [5.74, 6) is -7.94. The van der Waals surface area contributed by atoms with Crippen LogP contribution >= 0.6 is 12.6 Å². The van der Waals surface area contributed by atoms with Crippen LogP contribution in [0.2, 0.25) is 0 Å². The average molecular weight is 508 g/mol. The number of amides is 4. The van der Waals surface area contributed by atoms with Crippen LogP contribution in [-0.2, 0) is 33.6 Å². The largest absolute Gasteiger partial charge is 0.481 e. The number of hydrogen-bond acceptors (Lipinski definition) is 9. The lowest BCUT2D eigenvalue weighted by Gasteiger charge is -2.24. The molecule has 4 atom stereocenters. The van der Waals surface area contributed by atoms with Crippen molar-refractivity contribution < 1.29 is 48.9 Å². The summed E-state index contributed by atoms with van der Waals surface area (Å²) in [7, 11) is 0. The van der Waals surface area contributed by atoms with Crippen LogP contribution in [0.3, 0.4) is 0 Å². The zero-order chi connectivity index (χ0) is 26.4. The Labute approximate surface area is 199 Å². The van der Waals surface area contributed by atoms with Crippen molar-refractivity contribution >= 4 is 54.2 Å². The second-order valence-electron chi connectivity index (χ2n) is 7.18. The molecule has 0 saturated carbocycles. The molecule has 4 amide bonds. The van der Waals surface area contributed by atoms with Gasteiger partial charge in [-0.15, -0.1) is 0 Å². The molecule has 0 heterocycles. The molecule has 34 heavy (non-hydrogen) atoms. The van der Waals surface area contributed by atoms with E-state index >= 15 is 0 Å². The number of aliphatic carboxylic acids is 3. The number of carboxylic acid groups (broad SMARTS) is 3. The number of rotatable bonds is 17. The normalized spacial score (nSPS) is 14.1. The van der Waals surface area contributed by atoms with Gasteiger partial charge in [-0.3, -0.25) is 28.8 Å². The lowest BCUT2D eigenvalue weighted by atomic mass is 10.1. The highest BCUT2D eigenvalue weighted by Crippen LogP contribution is 2.05. The smallest absolute Gasteiger partial charge is 0.327 e. The zero-order valence-electron chi connectivity index (χ0n) is 18.1. The molecule has 0 aliphatic carbocycles.